The fraction of sp³-hybridized carbons (Fsp3) is 0.100. The molecule has 0 saturated heterocycles. The Morgan fingerprint density at radius 2 is 1.84 bits per heavy atom. The predicted octanol–water partition coefficient (Wildman–Crippen LogP) is 2.94. The third kappa shape index (κ3) is 4.35. The van der Waals surface area contributed by atoms with Gasteiger partial charge in [-0.25, -0.2) is 4.68 Å². The molecule has 0 bridgehead atoms. The van der Waals surface area contributed by atoms with E-state index in [-0.39, 0.29) is 17.1 Å². The molecule has 1 atom stereocenters. The normalized spacial score (nSPS) is 12.6. The van der Waals surface area contributed by atoms with Crippen molar-refractivity contribution in [3.63, 3.8) is 0 Å². The van der Waals surface area contributed by atoms with Crippen LogP contribution in [0.25, 0.3) is 27.7 Å². The molecule has 1 aromatic heterocycles. The number of hydrogen-bond acceptors (Lipinski definition) is 8. The number of aromatic nitrogens is 3. The number of fused-ring (bicyclic) bond motifs is 1. The molecule has 1 heterocycles. The van der Waals surface area contributed by atoms with E-state index in [1.807, 2.05) is 42.5 Å². The maximum absolute atomic E-state index is 11.9. The van der Waals surface area contributed by atoms with Crippen LogP contribution in [-0.2, 0) is 21.4 Å². The van der Waals surface area contributed by atoms with Crippen LogP contribution in [0.3, 0.4) is 0 Å². The summed E-state index contributed by atoms with van der Waals surface area (Å²) in [7, 11) is -2.60. The zero-order chi connectivity index (χ0) is 23.0. The maximum atomic E-state index is 11.9. The molecule has 0 saturated carbocycles. The average molecular weight is 490 g/mol. The van der Waals surface area contributed by atoms with E-state index in [4.69, 9.17) is 4.18 Å². The largest absolute Gasteiger partial charge is 0.755 e. The van der Waals surface area contributed by atoms with Crippen LogP contribution in [0, 0.1) is 0 Å². The Balaban J connectivity index is 1.96. The Hall–Kier alpha value is -2.93. The van der Waals surface area contributed by atoms with Gasteiger partial charge in [0.25, 0.3) is 0 Å². The minimum Gasteiger partial charge on any atom is -0.755 e. The fourth-order valence-electron chi connectivity index (χ4n) is 3.30. The molecule has 0 N–H and O–H groups in total. The number of hydrogen-bond donors (Lipinski definition) is 1. The Bertz CT molecular complexity index is 1450. The summed E-state index contributed by atoms with van der Waals surface area (Å²) < 4.78 is 54.1. The van der Waals surface area contributed by atoms with E-state index < -0.39 is 21.4 Å². The van der Waals surface area contributed by atoms with Crippen molar-refractivity contribution in [3.05, 3.63) is 60.7 Å². The van der Waals surface area contributed by atoms with Gasteiger partial charge in [0.1, 0.15) is 16.4 Å². The summed E-state index contributed by atoms with van der Waals surface area (Å²) in [5, 5.41) is 10.5. The second-order valence-electron chi connectivity index (χ2n) is 6.85. The first kappa shape index (κ1) is 22.3. The Morgan fingerprint density at radius 3 is 2.56 bits per heavy atom. The lowest BCUT2D eigenvalue weighted by Crippen LogP contribution is -2.20. The summed E-state index contributed by atoms with van der Waals surface area (Å²) in [4.78, 5) is 0. The van der Waals surface area contributed by atoms with Gasteiger partial charge in [0, 0.05) is 29.9 Å². The highest BCUT2D eigenvalue weighted by Crippen LogP contribution is 2.37. The summed E-state index contributed by atoms with van der Waals surface area (Å²) in [6.45, 7) is 0. The van der Waals surface area contributed by atoms with Gasteiger partial charge in [-0.1, -0.05) is 47.7 Å². The van der Waals surface area contributed by atoms with E-state index >= 15 is 0 Å². The van der Waals surface area contributed by atoms with Crippen LogP contribution in [0.15, 0.2) is 65.7 Å². The fourth-order valence-corrected chi connectivity index (χ4v) is 4.30. The molecule has 0 aliphatic heterocycles. The number of rotatable bonds is 6. The van der Waals surface area contributed by atoms with Gasteiger partial charge < -0.3 is 13.0 Å². The summed E-state index contributed by atoms with van der Waals surface area (Å²) in [5.41, 5.74) is 1.76. The van der Waals surface area contributed by atoms with E-state index in [0.29, 0.717) is 10.7 Å². The molecule has 4 aromatic rings. The molecule has 32 heavy (non-hydrogen) atoms. The quantitative estimate of drug-likeness (QED) is 0.251. The SMILES string of the molecule is CN(c1ccc(-n2nnc(S)c2-c2cccc3ccccc23)c(OS(C)(=O)=O)c1)S(=O)[O-]. The van der Waals surface area contributed by atoms with Crippen LogP contribution in [0.1, 0.15) is 0 Å². The standard InChI is InChI=1S/C20H18N4O5S3/c1-23(31(25)26)14-10-11-17(18(12-14)29-32(2,27)28)24-19(20(30)21-22-24)16-9-5-7-13-6-3-4-8-15(13)16/h3-12,30H,1-2H3,(H,25,26)/p-1. The van der Waals surface area contributed by atoms with Gasteiger partial charge in [0.15, 0.2) is 5.75 Å². The van der Waals surface area contributed by atoms with Gasteiger partial charge in [-0.15, -0.1) is 17.7 Å². The van der Waals surface area contributed by atoms with Gasteiger partial charge in [-0.3, -0.25) is 4.21 Å². The van der Waals surface area contributed by atoms with E-state index in [2.05, 4.69) is 22.9 Å². The van der Waals surface area contributed by atoms with Crippen LogP contribution >= 0.6 is 12.6 Å². The lowest BCUT2D eigenvalue weighted by Gasteiger charge is -2.22. The van der Waals surface area contributed by atoms with Crippen molar-refractivity contribution in [1.82, 2.24) is 15.0 Å². The number of thiol groups is 1. The zero-order valence-electron chi connectivity index (χ0n) is 16.9. The van der Waals surface area contributed by atoms with Gasteiger partial charge in [-0.2, -0.15) is 8.42 Å². The molecule has 3 aromatic carbocycles. The molecule has 1 unspecified atom stereocenters. The lowest BCUT2D eigenvalue weighted by atomic mass is 10.0. The molecular formula is C20H17N4O5S3-. The highest BCUT2D eigenvalue weighted by molar-refractivity contribution is 7.86. The highest BCUT2D eigenvalue weighted by atomic mass is 32.2. The van der Waals surface area contributed by atoms with E-state index in [1.165, 1.54) is 29.9 Å². The molecule has 0 aliphatic rings. The van der Waals surface area contributed by atoms with E-state index in [9.17, 15) is 17.2 Å². The van der Waals surface area contributed by atoms with Crippen molar-refractivity contribution in [1.29, 1.82) is 0 Å². The van der Waals surface area contributed by atoms with Crippen LogP contribution < -0.4 is 8.49 Å². The molecule has 0 amide bonds. The Labute approximate surface area is 192 Å². The molecule has 0 spiro atoms. The number of benzene rings is 3. The molecular weight excluding hydrogens is 472 g/mol. The minimum atomic E-state index is -3.93. The van der Waals surface area contributed by atoms with Crippen LogP contribution in [0.5, 0.6) is 5.75 Å². The predicted molar refractivity (Wildman–Crippen MR) is 124 cm³/mol. The van der Waals surface area contributed by atoms with Crippen molar-refractivity contribution in [2.75, 3.05) is 17.6 Å². The van der Waals surface area contributed by atoms with E-state index in [0.717, 1.165) is 26.9 Å². The van der Waals surface area contributed by atoms with Crippen molar-refractivity contribution in [2.45, 2.75) is 5.03 Å². The highest BCUT2D eigenvalue weighted by Gasteiger charge is 2.21. The summed E-state index contributed by atoms with van der Waals surface area (Å²) in [6.07, 6.45) is 0.899. The maximum Gasteiger partial charge on any atom is 0.306 e. The molecule has 0 radical (unpaired) electrons. The van der Waals surface area contributed by atoms with Crippen molar-refractivity contribution in [3.8, 4) is 22.7 Å². The third-order valence-corrected chi connectivity index (χ3v) is 6.14. The summed E-state index contributed by atoms with van der Waals surface area (Å²) >= 11 is 1.90. The first-order chi connectivity index (χ1) is 15.2. The van der Waals surface area contributed by atoms with Crippen molar-refractivity contribution in [2.24, 2.45) is 0 Å². The zero-order valence-corrected chi connectivity index (χ0v) is 19.4. The second-order valence-corrected chi connectivity index (χ2v) is 9.83. The Morgan fingerprint density at radius 1 is 1.12 bits per heavy atom. The van der Waals surface area contributed by atoms with Gasteiger partial charge >= 0.3 is 10.1 Å². The van der Waals surface area contributed by atoms with Gasteiger partial charge in [-0.05, 0) is 22.9 Å². The van der Waals surface area contributed by atoms with E-state index in [1.54, 1.807) is 0 Å². The van der Waals surface area contributed by atoms with Gasteiger partial charge in [0.2, 0.25) is 0 Å². The first-order valence-electron chi connectivity index (χ1n) is 9.15. The van der Waals surface area contributed by atoms with Crippen molar-refractivity contribution < 1.29 is 21.4 Å². The molecule has 4 rings (SSSR count). The van der Waals surface area contributed by atoms with Gasteiger partial charge in [0.05, 0.1) is 11.9 Å². The molecule has 0 fully saturated rings. The smallest absolute Gasteiger partial charge is 0.306 e. The summed E-state index contributed by atoms with van der Waals surface area (Å²) in [5.74, 6) is -0.109. The third-order valence-electron chi connectivity index (χ3n) is 4.70. The van der Waals surface area contributed by atoms with Crippen LogP contribution in [0.4, 0.5) is 5.69 Å². The second kappa shape index (κ2) is 8.54. The molecule has 0 aliphatic carbocycles. The lowest BCUT2D eigenvalue weighted by molar-refractivity contribution is 0.490. The molecule has 12 heteroatoms. The Kier molecular flexibility index (Phi) is 5.95. The average Bonchev–Trinajstić information content (AvgIpc) is 3.12. The molecule has 166 valence electrons. The van der Waals surface area contributed by atoms with Crippen LogP contribution in [0.2, 0.25) is 0 Å². The summed E-state index contributed by atoms with van der Waals surface area (Å²) in [6, 6.07) is 17.8. The van der Waals surface area contributed by atoms with Crippen molar-refractivity contribution >= 4 is 50.5 Å². The van der Waals surface area contributed by atoms with Crippen LogP contribution in [-0.4, -0.2) is 45.5 Å². The number of nitrogens with zero attached hydrogens (tertiary/aromatic N) is 4. The number of anilines is 1. The topological polar surface area (TPSA) is 117 Å². The molecule has 9 nitrogen and oxygen atoms in total. The first-order valence-corrected chi connectivity index (χ1v) is 12.4. The monoisotopic (exact) mass is 489 g/mol. The minimum absolute atomic E-state index is 0.109.